The van der Waals surface area contributed by atoms with Crippen molar-refractivity contribution in [1.82, 2.24) is 9.88 Å². The lowest BCUT2D eigenvalue weighted by Gasteiger charge is -2.27. The van der Waals surface area contributed by atoms with Crippen molar-refractivity contribution in [3.63, 3.8) is 0 Å². The lowest BCUT2D eigenvalue weighted by molar-refractivity contribution is -0.133. The van der Waals surface area contributed by atoms with Crippen LogP contribution in [0.3, 0.4) is 0 Å². The molecule has 2 heterocycles. The highest BCUT2D eigenvalue weighted by atomic mass is 16.6. The molecule has 1 atom stereocenters. The Hall–Kier alpha value is -3.34. The molecule has 0 fully saturated rings. The maximum Gasteiger partial charge on any atom is 0.230 e. The van der Waals surface area contributed by atoms with E-state index >= 15 is 0 Å². The molecule has 0 aliphatic carbocycles. The number of amides is 1. The first kappa shape index (κ1) is 20.0. The van der Waals surface area contributed by atoms with Gasteiger partial charge in [0.2, 0.25) is 5.91 Å². The van der Waals surface area contributed by atoms with Crippen molar-refractivity contribution in [2.75, 3.05) is 13.2 Å². The molecule has 0 N–H and O–H groups in total. The maximum absolute atomic E-state index is 13.6. The summed E-state index contributed by atoms with van der Waals surface area (Å²) in [6.07, 6.45) is 1.76. The Morgan fingerprint density at radius 1 is 1.00 bits per heavy atom. The van der Waals surface area contributed by atoms with Crippen LogP contribution in [0.5, 0.6) is 11.5 Å². The molecule has 0 saturated heterocycles. The van der Waals surface area contributed by atoms with Crippen molar-refractivity contribution in [1.29, 1.82) is 0 Å². The average Bonchev–Trinajstić information content (AvgIpc) is 2.79. The molecule has 154 valence electrons. The standard InChI is InChI=1S/C25H26N2O3/c1-18-7-3-4-8-21(18)16-27(17-22-9-5-6-12-26-22)25(28)19(2)20-10-11-23-24(15-20)30-14-13-29-23/h3-12,15,19H,13-14,16-17H2,1-2H3. The van der Waals surface area contributed by atoms with Crippen molar-refractivity contribution in [2.45, 2.75) is 32.9 Å². The van der Waals surface area contributed by atoms with Crippen molar-refractivity contribution >= 4 is 5.91 Å². The zero-order chi connectivity index (χ0) is 20.9. The van der Waals surface area contributed by atoms with Gasteiger partial charge in [-0.2, -0.15) is 0 Å². The number of carbonyl (C=O) groups is 1. The Morgan fingerprint density at radius 2 is 1.77 bits per heavy atom. The van der Waals surface area contributed by atoms with Crippen LogP contribution in [-0.2, 0) is 17.9 Å². The minimum absolute atomic E-state index is 0.0561. The van der Waals surface area contributed by atoms with Gasteiger partial charge in [-0.05, 0) is 54.8 Å². The number of hydrogen-bond donors (Lipinski definition) is 0. The zero-order valence-electron chi connectivity index (χ0n) is 17.4. The first-order valence-electron chi connectivity index (χ1n) is 10.2. The molecule has 1 unspecified atom stereocenters. The second-order valence-electron chi connectivity index (χ2n) is 7.57. The molecule has 1 aromatic heterocycles. The van der Waals surface area contributed by atoms with Crippen LogP contribution in [-0.4, -0.2) is 29.0 Å². The van der Waals surface area contributed by atoms with Crippen molar-refractivity contribution < 1.29 is 14.3 Å². The average molecular weight is 402 g/mol. The fraction of sp³-hybridized carbons (Fsp3) is 0.280. The highest BCUT2D eigenvalue weighted by Crippen LogP contribution is 2.34. The van der Waals surface area contributed by atoms with Crippen LogP contribution in [0.15, 0.2) is 66.9 Å². The molecule has 30 heavy (non-hydrogen) atoms. The van der Waals surface area contributed by atoms with E-state index in [2.05, 4.69) is 24.0 Å². The first-order valence-corrected chi connectivity index (χ1v) is 10.2. The third kappa shape index (κ3) is 4.46. The van der Waals surface area contributed by atoms with E-state index < -0.39 is 0 Å². The Kier molecular flexibility index (Phi) is 5.98. The fourth-order valence-corrected chi connectivity index (χ4v) is 3.64. The largest absolute Gasteiger partial charge is 0.486 e. The topological polar surface area (TPSA) is 51.7 Å². The second-order valence-corrected chi connectivity index (χ2v) is 7.57. The van der Waals surface area contributed by atoms with Crippen LogP contribution in [0.25, 0.3) is 0 Å². The van der Waals surface area contributed by atoms with E-state index in [1.54, 1.807) is 6.20 Å². The molecular formula is C25H26N2O3. The van der Waals surface area contributed by atoms with Gasteiger partial charge in [0.05, 0.1) is 18.2 Å². The number of pyridine rings is 1. The van der Waals surface area contributed by atoms with Crippen LogP contribution in [0.1, 0.15) is 35.2 Å². The summed E-state index contributed by atoms with van der Waals surface area (Å²) in [5, 5.41) is 0. The number of rotatable bonds is 6. The van der Waals surface area contributed by atoms with Gasteiger partial charge in [-0.3, -0.25) is 9.78 Å². The molecule has 0 spiro atoms. The SMILES string of the molecule is Cc1ccccc1CN(Cc1ccccn1)C(=O)C(C)c1ccc2c(c1)OCCO2. The number of fused-ring (bicyclic) bond motifs is 1. The Bertz CT molecular complexity index is 1020. The van der Waals surface area contributed by atoms with E-state index in [9.17, 15) is 4.79 Å². The van der Waals surface area contributed by atoms with Crippen LogP contribution < -0.4 is 9.47 Å². The van der Waals surface area contributed by atoms with Gasteiger partial charge in [0.1, 0.15) is 13.2 Å². The zero-order valence-corrected chi connectivity index (χ0v) is 17.4. The normalized spacial score (nSPS) is 13.5. The van der Waals surface area contributed by atoms with Gasteiger partial charge in [0.25, 0.3) is 0 Å². The molecule has 5 heteroatoms. The number of carbonyl (C=O) groups excluding carboxylic acids is 1. The highest BCUT2D eigenvalue weighted by Gasteiger charge is 2.25. The quantitative estimate of drug-likeness (QED) is 0.609. The summed E-state index contributed by atoms with van der Waals surface area (Å²) in [5.74, 6) is 1.18. The van der Waals surface area contributed by atoms with E-state index in [1.165, 1.54) is 5.56 Å². The number of hydrogen-bond acceptors (Lipinski definition) is 4. The fourth-order valence-electron chi connectivity index (χ4n) is 3.64. The Labute approximate surface area is 177 Å². The second kappa shape index (κ2) is 8.99. The molecule has 0 radical (unpaired) electrons. The number of aromatic nitrogens is 1. The summed E-state index contributed by atoms with van der Waals surface area (Å²) in [6, 6.07) is 19.7. The van der Waals surface area contributed by atoms with Crippen molar-refractivity contribution in [3.05, 3.63) is 89.2 Å². The number of benzene rings is 2. The van der Waals surface area contributed by atoms with Gasteiger partial charge in [-0.25, -0.2) is 0 Å². The van der Waals surface area contributed by atoms with Gasteiger partial charge >= 0.3 is 0 Å². The summed E-state index contributed by atoms with van der Waals surface area (Å²) in [4.78, 5) is 19.9. The van der Waals surface area contributed by atoms with Crippen molar-refractivity contribution in [2.24, 2.45) is 0 Å². The van der Waals surface area contributed by atoms with Gasteiger partial charge < -0.3 is 14.4 Å². The monoisotopic (exact) mass is 402 g/mol. The third-order valence-corrected chi connectivity index (χ3v) is 5.45. The minimum Gasteiger partial charge on any atom is -0.486 e. The number of nitrogens with zero attached hydrogens (tertiary/aromatic N) is 2. The summed E-state index contributed by atoms with van der Waals surface area (Å²) in [5.41, 5.74) is 4.09. The molecular weight excluding hydrogens is 376 g/mol. The minimum atomic E-state index is -0.312. The van der Waals surface area contributed by atoms with E-state index in [0.29, 0.717) is 32.1 Å². The molecule has 0 saturated carbocycles. The van der Waals surface area contributed by atoms with E-state index in [1.807, 2.05) is 60.4 Å². The van der Waals surface area contributed by atoms with Crippen molar-refractivity contribution in [3.8, 4) is 11.5 Å². The molecule has 0 bridgehead atoms. The predicted octanol–water partition coefficient (Wildman–Crippen LogP) is 4.49. The maximum atomic E-state index is 13.6. The van der Waals surface area contributed by atoms with E-state index in [0.717, 1.165) is 22.6 Å². The Balaban J connectivity index is 1.60. The Morgan fingerprint density at radius 3 is 2.53 bits per heavy atom. The van der Waals surface area contributed by atoms with Crippen LogP contribution in [0.4, 0.5) is 0 Å². The molecule has 3 aromatic rings. The number of aryl methyl sites for hydroxylation is 1. The van der Waals surface area contributed by atoms with E-state index in [-0.39, 0.29) is 11.8 Å². The van der Waals surface area contributed by atoms with Crippen LogP contribution >= 0.6 is 0 Å². The van der Waals surface area contributed by atoms with Gasteiger partial charge in [-0.1, -0.05) is 36.4 Å². The third-order valence-electron chi connectivity index (χ3n) is 5.45. The van der Waals surface area contributed by atoms with E-state index in [4.69, 9.17) is 9.47 Å². The molecule has 5 nitrogen and oxygen atoms in total. The summed E-state index contributed by atoms with van der Waals surface area (Å²) >= 11 is 0. The van der Waals surface area contributed by atoms with Gasteiger partial charge in [0.15, 0.2) is 11.5 Å². The molecule has 2 aromatic carbocycles. The van der Waals surface area contributed by atoms with Crippen LogP contribution in [0.2, 0.25) is 0 Å². The van der Waals surface area contributed by atoms with Gasteiger partial charge in [-0.15, -0.1) is 0 Å². The predicted molar refractivity (Wildman–Crippen MR) is 116 cm³/mol. The van der Waals surface area contributed by atoms with Crippen LogP contribution in [0, 0.1) is 6.92 Å². The molecule has 1 aliphatic rings. The smallest absolute Gasteiger partial charge is 0.230 e. The molecule has 4 rings (SSSR count). The van der Waals surface area contributed by atoms with Gasteiger partial charge in [0, 0.05) is 12.7 Å². The molecule has 1 amide bonds. The summed E-state index contributed by atoms with van der Waals surface area (Å²) < 4.78 is 11.3. The molecule has 1 aliphatic heterocycles. The lowest BCUT2D eigenvalue weighted by Crippen LogP contribution is -2.34. The highest BCUT2D eigenvalue weighted by molar-refractivity contribution is 5.83. The number of ether oxygens (including phenoxy) is 2. The summed E-state index contributed by atoms with van der Waals surface area (Å²) in [6.45, 7) is 6.09. The first-order chi connectivity index (χ1) is 14.6. The lowest BCUT2D eigenvalue weighted by atomic mass is 9.98. The summed E-state index contributed by atoms with van der Waals surface area (Å²) in [7, 11) is 0.